The number of hydrogen-bond acceptors (Lipinski definition) is 4. The molecule has 0 aromatic heterocycles. The topological polar surface area (TPSA) is 83.2 Å². The Bertz CT molecular complexity index is 724. The van der Waals surface area contributed by atoms with Gasteiger partial charge in [-0.2, -0.15) is 0 Å². The van der Waals surface area contributed by atoms with Gasteiger partial charge in [0.15, 0.2) is 5.96 Å². The van der Waals surface area contributed by atoms with Gasteiger partial charge in [0.25, 0.3) is 0 Å². The second kappa shape index (κ2) is 13.2. The maximum absolute atomic E-state index is 11.4. The maximum Gasteiger partial charge on any atom is 0.217 e. The van der Waals surface area contributed by atoms with Crippen LogP contribution in [0.15, 0.2) is 29.3 Å². The highest BCUT2D eigenvalue weighted by Gasteiger charge is 2.26. The Hall–Kier alpha value is -1.39. The molecule has 2 fully saturated rings. The third-order valence-corrected chi connectivity index (χ3v) is 5.97. The van der Waals surface area contributed by atoms with Crippen molar-refractivity contribution in [2.45, 2.75) is 39.2 Å². The molecule has 0 saturated carbocycles. The molecule has 1 amide bonds. The minimum atomic E-state index is -0.212. The standard InChI is InChI=1S/C23H37N5O2.HI/c1-3-25-23(28-9-5-7-19(17-28)15-22(24)29)26-16-21(27-10-12-30-13-11-27)20-8-4-6-18(2)14-20;/h4,6,8,14,19,21H,3,5,7,9-13,15-17H2,1-2H3,(H2,24,29)(H,25,26);1H. The number of primary amides is 1. The number of carbonyl (C=O) groups excluding carboxylic acids is 1. The van der Waals surface area contributed by atoms with Gasteiger partial charge in [-0.05, 0) is 38.2 Å². The lowest BCUT2D eigenvalue weighted by Crippen LogP contribution is -2.47. The van der Waals surface area contributed by atoms with E-state index in [4.69, 9.17) is 15.5 Å². The van der Waals surface area contributed by atoms with Crippen molar-refractivity contribution in [3.8, 4) is 0 Å². The van der Waals surface area contributed by atoms with E-state index >= 15 is 0 Å². The second-order valence-corrected chi connectivity index (χ2v) is 8.40. The van der Waals surface area contributed by atoms with Gasteiger partial charge in [0.2, 0.25) is 5.91 Å². The molecule has 174 valence electrons. The van der Waals surface area contributed by atoms with Crippen LogP contribution in [0, 0.1) is 12.8 Å². The van der Waals surface area contributed by atoms with Crippen molar-refractivity contribution < 1.29 is 9.53 Å². The average molecular weight is 543 g/mol. The first-order valence-corrected chi connectivity index (χ1v) is 11.3. The maximum atomic E-state index is 11.4. The molecule has 2 heterocycles. The summed E-state index contributed by atoms with van der Waals surface area (Å²) in [7, 11) is 0. The van der Waals surface area contributed by atoms with Crippen molar-refractivity contribution in [2.24, 2.45) is 16.6 Å². The second-order valence-electron chi connectivity index (χ2n) is 8.40. The van der Waals surface area contributed by atoms with Crippen LogP contribution in [0.5, 0.6) is 0 Å². The Balaban J connectivity index is 0.00000341. The quantitative estimate of drug-likeness (QED) is 0.314. The van der Waals surface area contributed by atoms with Crippen molar-refractivity contribution in [1.29, 1.82) is 0 Å². The molecule has 0 radical (unpaired) electrons. The molecule has 1 aromatic rings. The number of halogens is 1. The summed E-state index contributed by atoms with van der Waals surface area (Å²) < 4.78 is 5.58. The highest BCUT2D eigenvalue weighted by Crippen LogP contribution is 2.24. The number of rotatable bonds is 7. The molecule has 0 bridgehead atoms. The SMILES string of the molecule is CCNC(=NCC(c1cccc(C)c1)N1CCOCC1)N1CCCC(CC(N)=O)C1.I. The number of morpholine rings is 1. The van der Waals surface area contributed by atoms with Gasteiger partial charge in [-0.1, -0.05) is 29.8 Å². The summed E-state index contributed by atoms with van der Waals surface area (Å²) >= 11 is 0. The number of benzene rings is 1. The molecule has 31 heavy (non-hydrogen) atoms. The van der Waals surface area contributed by atoms with Crippen molar-refractivity contribution in [3.05, 3.63) is 35.4 Å². The third-order valence-electron chi connectivity index (χ3n) is 5.97. The number of ether oxygens (including phenoxy) is 1. The molecule has 3 N–H and O–H groups in total. The van der Waals surface area contributed by atoms with Gasteiger partial charge in [0, 0.05) is 39.1 Å². The lowest BCUT2D eigenvalue weighted by atomic mass is 9.95. The molecule has 2 saturated heterocycles. The number of aryl methyl sites for hydroxylation is 1. The fraction of sp³-hybridized carbons (Fsp3) is 0.652. The van der Waals surface area contributed by atoms with E-state index in [9.17, 15) is 4.79 Å². The summed E-state index contributed by atoms with van der Waals surface area (Å²) in [4.78, 5) is 21.2. The Morgan fingerprint density at radius 2 is 2.10 bits per heavy atom. The van der Waals surface area contributed by atoms with E-state index in [1.807, 2.05) is 0 Å². The lowest BCUT2D eigenvalue weighted by Gasteiger charge is -2.36. The summed E-state index contributed by atoms with van der Waals surface area (Å²) in [6.45, 7) is 10.9. The number of hydrogen-bond donors (Lipinski definition) is 2. The van der Waals surface area contributed by atoms with E-state index in [1.54, 1.807) is 0 Å². The van der Waals surface area contributed by atoms with Gasteiger partial charge < -0.3 is 20.7 Å². The van der Waals surface area contributed by atoms with E-state index in [1.165, 1.54) is 11.1 Å². The van der Waals surface area contributed by atoms with Gasteiger partial charge in [0.05, 0.1) is 25.8 Å². The minimum Gasteiger partial charge on any atom is -0.379 e. The number of piperidine rings is 1. The predicted molar refractivity (Wildman–Crippen MR) is 136 cm³/mol. The lowest BCUT2D eigenvalue weighted by molar-refractivity contribution is -0.119. The molecule has 2 aliphatic heterocycles. The van der Waals surface area contributed by atoms with Crippen LogP contribution in [-0.2, 0) is 9.53 Å². The van der Waals surface area contributed by atoms with Gasteiger partial charge in [-0.3, -0.25) is 14.7 Å². The highest BCUT2D eigenvalue weighted by atomic mass is 127. The van der Waals surface area contributed by atoms with Gasteiger partial charge >= 0.3 is 0 Å². The number of aliphatic imine (C=N–C) groups is 1. The average Bonchev–Trinajstić information content (AvgIpc) is 2.74. The van der Waals surface area contributed by atoms with Gasteiger partial charge in [-0.25, -0.2) is 0 Å². The summed E-state index contributed by atoms with van der Waals surface area (Å²) in [5.74, 6) is 1.04. The van der Waals surface area contributed by atoms with E-state index in [-0.39, 0.29) is 35.9 Å². The molecule has 0 aliphatic carbocycles. The molecule has 7 nitrogen and oxygen atoms in total. The third kappa shape index (κ3) is 7.91. The molecule has 1 aromatic carbocycles. The van der Waals surface area contributed by atoms with E-state index < -0.39 is 0 Å². The first-order valence-electron chi connectivity index (χ1n) is 11.3. The zero-order valence-electron chi connectivity index (χ0n) is 18.9. The molecular weight excluding hydrogens is 505 g/mol. The number of nitrogens with two attached hydrogens (primary N) is 1. The van der Waals surface area contributed by atoms with Crippen LogP contribution in [0.2, 0.25) is 0 Å². The fourth-order valence-electron chi connectivity index (χ4n) is 4.51. The molecule has 2 unspecified atom stereocenters. The van der Waals surface area contributed by atoms with Crippen LogP contribution in [0.4, 0.5) is 0 Å². The van der Waals surface area contributed by atoms with Crippen molar-refractivity contribution in [2.75, 3.05) is 52.5 Å². The van der Waals surface area contributed by atoms with E-state index in [0.29, 0.717) is 18.9 Å². The molecular formula is C23H38IN5O2. The van der Waals surface area contributed by atoms with Crippen LogP contribution >= 0.6 is 24.0 Å². The number of likely N-dealkylation sites (tertiary alicyclic amines) is 1. The fourth-order valence-corrected chi connectivity index (χ4v) is 4.51. The van der Waals surface area contributed by atoms with Crippen LogP contribution in [0.3, 0.4) is 0 Å². The number of guanidine groups is 1. The first-order chi connectivity index (χ1) is 14.6. The Morgan fingerprint density at radius 1 is 1.32 bits per heavy atom. The monoisotopic (exact) mass is 543 g/mol. The zero-order valence-corrected chi connectivity index (χ0v) is 21.2. The van der Waals surface area contributed by atoms with Crippen LogP contribution < -0.4 is 11.1 Å². The van der Waals surface area contributed by atoms with Crippen LogP contribution in [0.1, 0.15) is 43.4 Å². The van der Waals surface area contributed by atoms with Crippen LogP contribution in [0.25, 0.3) is 0 Å². The summed E-state index contributed by atoms with van der Waals surface area (Å²) in [6, 6.07) is 8.98. The summed E-state index contributed by atoms with van der Waals surface area (Å²) in [5, 5.41) is 3.46. The number of amides is 1. The predicted octanol–water partition coefficient (Wildman–Crippen LogP) is 2.54. The van der Waals surface area contributed by atoms with Crippen molar-refractivity contribution in [1.82, 2.24) is 15.1 Å². The zero-order chi connectivity index (χ0) is 21.3. The van der Waals surface area contributed by atoms with Crippen LogP contribution in [-0.4, -0.2) is 74.1 Å². The van der Waals surface area contributed by atoms with E-state index in [2.05, 4.69) is 53.2 Å². The Kier molecular flexibility index (Phi) is 11.0. The van der Waals surface area contributed by atoms with Gasteiger partial charge in [0.1, 0.15) is 0 Å². The Labute approximate surface area is 203 Å². The first kappa shape index (κ1) is 25.9. The summed E-state index contributed by atoms with van der Waals surface area (Å²) in [5.41, 5.74) is 8.02. The molecule has 2 aliphatic rings. The molecule has 2 atom stereocenters. The number of nitrogens with one attached hydrogen (secondary N) is 1. The van der Waals surface area contributed by atoms with Crippen molar-refractivity contribution in [3.63, 3.8) is 0 Å². The minimum absolute atomic E-state index is 0. The molecule has 8 heteroatoms. The normalized spacial score (nSPS) is 21.3. The van der Waals surface area contributed by atoms with E-state index in [0.717, 1.165) is 64.7 Å². The largest absolute Gasteiger partial charge is 0.379 e. The molecule has 0 spiro atoms. The van der Waals surface area contributed by atoms with Gasteiger partial charge in [-0.15, -0.1) is 24.0 Å². The summed E-state index contributed by atoms with van der Waals surface area (Å²) in [6.07, 6.45) is 2.57. The smallest absolute Gasteiger partial charge is 0.217 e. The number of nitrogens with zero attached hydrogens (tertiary/aromatic N) is 3. The number of carbonyl (C=O) groups is 1. The highest BCUT2D eigenvalue weighted by molar-refractivity contribution is 14.0. The molecule has 3 rings (SSSR count). The Morgan fingerprint density at radius 3 is 2.77 bits per heavy atom. The van der Waals surface area contributed by atoms with Crippen molar-refractivity contribution >= 4 is 35.8 Å².